The molecule has 1 fully saturated rings. The number of hydrogen-bond acceptors (Lipinski definition) is 4. The Morgan fingerprint density at radius 2 is 1.87 bits per heavy atom. The third kappa shape index (κ3) is 2.27. The van der Waals surface area contributed by atoms with E-state index in [0.29, 0.717) is 23.9 Å². The van der Waals surface area contributed by atoms with Gasteiger partial charge < -0.3 is 5.11 Å². The number of carbonyl (C=O) groups is 1. The van der Waals surface area contributed by atoms with Crippen molar-refractivity contribution in [1.29, 1.82) is 0 Å². The van der Waals surface area contributed by atoms with Crippen LogP contribution in [0.3, 0.4) is 0 Å². The summed E-state index contributed by atoms with van der Waals surface area (Å²) in [6, 6.07) is 3.36. The van der Waals surface area contributed by atoms with E-state index in [4.69, 9.17) is 0 Å². The molecule has 1 aliphatic heterocycles. The van der Waals surface area contributed by atoms with Crippen molar-refractivity contribution in [1.82, 2.24) is 13.4 Å². The number of fused-ring (bicyclic) bond motifs is 1. The van der Waals surface area contributed by atoms with Gasteiger partial charge in [0.15, 0.2) is 0 Å². The molecule has 124 valence electrons. The molecule has 3 rings (SSSR count). The van der Waals surface area contributed by atoms with Crippen molar-refractivity contribution in [3.63, 3.8) is 0 Å². The number of rotatable bonds is 3. The SMILES string of the molecule is Cn1c(=O)n(C)c2cc(S(=O)(=O)N3CCC[C@@H]3C(=O)O)ccc21. The van der Waals surface area contributed by atoms with Gasteiger partial charge in [0.25, 0.3) is 0 Å². The van der Waals surface area contributed by atoms with Gasteiger partial charge in [0.1, 0.15) is 6.04 Å². The van der Waals surface area contributed by atoms with Gasteiger partial charge in [0, 0.05) is 20.6 Å². The van der Waals surface area contributed by atoms with Gasteiger partial charge in [0.2, 0.25) is 10.0 Å². The lowest BCUT2D eigenvalue weighted by atomic mass is 10.2. The highest BCUT2D eigenvalue weighted by Crippen LogP contribution is 2.27. The Hall–Kier alpha value is -2.13. The highest BCUT2D eigenvalue weighted by Gasteiger charge is 2.39. The van der Waals surface area contributed by atoms with E-state index in [0.717, 1.165) is 4.31 Å². The van der Waals surface area contributed by atoms with Crippen LogP contribution in [0.5, 0.6) is 0 Å². The lowest BCUT2D eigenvalue weighted by Gasteiger charge is -2.21. The minimum atomic E-state index is -3.92. The Bertz CT molecular complexity index is 957. The quantitative estimate of drug-likeness (QED) is 0.855. The van der Waals surface area contributed by atoms with Crippen molar-refractivity contribution in [3.8, 4) is 0 Å². The second-order valence-corrected chi connectivity index (χ2v) is 7.55. The van der Waals surface area contributed by atoms with Crippen LogP contribution in [0.2, 0.25) is 0 Å². The summed E-state index contributed by atoms with van der Waals surface area (Å²) in [5, 5.41) is 9.19. The van der Waals surface area contributed by atoms with Crippen LogP contribution in [0.15, 0.2) is 27.9 Å². The molecule has 0 saturated carbocycles. The Labute approximate surface area is 132 Å². The summed E-state index contributed by atoms with van der Waals surface area (Å²) in [5.74, 6) is -1.14. The Balaban J connectivity index is 2.14. The predicted octanol–water partition coefficient (Wildman–Crippen LogP) is 0.115. The minimum Gasteiger partial charge on any atom is -0.480 e. The fourth-order valence-electron chi connectivity index (χ4n) is 3.06. The van der Waals surface area contributed by atoms with Crippen molar-refractivity contribution in [2.45, 2.75) is 23.8 Å². The van der Waals surface area contributed by atoms with E-state index < -0.39 is 22.0 Å². The van der Waals surface area contributed by atoms with Crippen molar-refractivity contribution in [3.05, 3.63) is 28.7 Å². The molecular weight excluding hydrogens is 322 g/mol. The van der Waals surface area contributed by atoms with Crippen molar-refractivity contribution in [2.75, 3.05) is 6.54 Å². The number of aliphatic carboxylic acids is 1. The standard InChI is InChI=1S/C14H17N3O5S/c1-15-10-6-5-9(8-12(10)16(2)14(15)20)23(21,22)17-7-3-4-11(17)13(18)19/h5-6,8,11H,3-4,7H2,1-2H3,(H,18,19)/t11-/m1/s1. The maximum atomic E-state index is 12.8. The maximum absolute atomic E-state index is 12.8. The molecule has 23 heavy (non-hydrogen) atoms. The molecule has 0 radical (unpaired) electrons. The Kier molecular flexibility index (Phi) is 3.56. The van der Waals surface area contributed by atoms with Gasteiger partial charge in [-0.15, -0.1) is 0 Å². The molecule has 2 heterocycles. The van der Waals surface area contributed by atoms with Crippen LogP contribution in [0.1, 0.15) is 12.8 Å². The fourth-order valence-corrected chi connectivity index (χ4v) is 4.73. The number of carboxylic acids is 1. The largest absolute Gasteiger partial charge is 0.480 e. The third-order valence-electron chi connectivity index (χ3n) is 4.34. The van der Waals surface area contributed by atoms with Crippen molar-refractivity contribution in [2.24, 2.45) is 14.1 Å². The van der Waals surface area contributed by atoms with Crippen LogP contribution in [0.4, 0.5) is 0 Å². The molecule has 9 heteroatoms. The van der Waals surface area contributed by atoms with Crippen LogP contribution in [-0.4, -0.2) is 45.5 Å². The molecule has 1 aromatic heterocycles. The summed E-state index contributed by atoms with van der Waals surface area (Å²) in [4.78, 5) is 23.2. The molecule has 1 N–H and O–H groups in total. The monoisotopic (exact) mass is 339 g/mol. The van der Waals surface area contributed by atoms with Crippen molar-refractivity contribution >= 4 is 27.0 Å². The average Bonchev–Trinajstić information content (AvgIpc) is 3.09. The smallest absolute Gasteiger partial charge is 0.328 e. The summed E-state index contributed by atoms with van der Waals surface area (Å²) in [7, 11) is -0.740. The molecule has 0 unspecified atom stereocenters. The van der Waals surface area contributed by atoms with E-state index in [-0.39, 0.29) is 17.1 Å². The Morgan fingerprint density at radius 1 is 1.22 bits per heavy atom. The first-order valence-electron chi connectivity index (χ1n) is 7.15. The molecule has 0 amide bonds. The molecule has 8 nitrogen and oxygen atoms in total. The molecule has 2 aromatic rings. The molecule has 1 aromatic carbocycles. The normalized spacial score (nSPS) is 19.5. The fraction of sp³-hybridized carbons (Fsp3) is 0.429. The topological polar surface area (TPSA) is 102 Å². The first kappa shape index (κ1) is 15.8. The zero-order chi connectivity index (χ0) is 16.9. The number of aryl methyl sites for hydroxylation is 2. The molecule has 1 aliphatic rings. The van der Waals surface area contributed by atoms with Gasteiger partial charge in [0.05, 0.1) is 15.9 Å². The van der Waals surface area contributed by atoms with Crippen LogP contribution >= 0.6 is 0 Å². The van der Waals surface area contributed by atoms with Gasteiger partial charge in [-0.25, -0.2) is 13.2 Å². The number of imidazole rings is 1. The summed E-state index contributed by atoms with van der Waals surface area (Å²) >= 11 is 0. The summed E-state index contributed by atoms with van der Waals surface area (Å²) in [6.45, 7) is 0.186. The number of hydrogen-bond donors (Lipinski definition) is 1. The second kappa shape index (κ2) is 5.20. The Morgan fingerprint density at radius 3 is 2.52 bits per heavy atom. The molecule has 1 atom stereocenters. The van der Waals surface area contributed by atoms with Gasteiger partial charge in [-0.3, -0.25) is 13.9 Å². The van der Waals surface area contributed by atoms with E-state index in [2.05, 4.69) is 0 Å². The van der Waals surface area contributed by atoms with Crippen molar-refractivity contribution < 1.29 is 18.3 Å². The van der Waals surface area contributed by atoms with Gasteiger partial charge in [-0.05, 0) is 31.0 Å². The summed E-state index contributed by atoms with van der Waals surface area (Å²) in [6.07, 6.45) is 0.822. The van der Waals surface area contributed by atoms with E-state index in [1.54, 1.807) is 20.2 Å². The molecule has 0 spiro atoms. The number of benzene rings is 1. The van der Waals surface area contributed by atoms with Crippen LogP contribution in [-0.2, 0) is 28.9 Å². The molecule has 0 aliphatic carbocycles. The van der Waals surface area contributed by atoms with Gasteiger partial charge >= 0.3 is 11.7 Å². The molecule has 1 saturated heterocycles. The molecular formula is C14H17N3O5S. The van der Waals surface area contributed by atoms with Gasteiger partial charge in [-0.1, -0.05) is 0 Å². The second-order valence-electron chi connectivity index (χ2n) is 5.66. The predicted molar refractivity (Wildman–Crippen MR) is 82.7 cm³/mol. The average molecular weight is 339 g/mol. The zero-order valence-electron chi connectivity index (χ0n) is 12.8. The first-order valence-corrected chi connectivity index (χ1v) is 8.59. The van der Waals surface area contributed by atoms with E-state index in [9.17, 15) is 23.1 Å². The number of sulfonamides is 1. The summed E-state index contributed by atoms with van der Waals surface area (Å²) < 4.78 is 29.4. The third-order valence-corrected chi connectivity index (χ3v) is 6.24. The molecule has 0 bridgehead atoms. The lowest BCUT2D eigenvalue weighted by Crippen LogP contribution is -2.40. The number of carboxylic acid groups (broad SMARTS) is 1. The van der Waals surface area contributed by atoms with E-state index in [1.165, 1.54) is 21.3 Å². The van der Waals surface area contributed by atoms with E-state index in [1.807, 2.05) is 0 Å². The van der Waals surface area contributed by atoms with Gasteiger partial charge in [-0.2, -0.15) is 4.31 Å². The number of aromatic nitrogens is 2. The zero-order valence-corrected chi connectivity index (χ0v) is 13.6. The highest BCUT2D eigenvalue weighted by molar-refractivity contribution is 7.89. The van der Waals surface area contributed by atoms with E-state index >= 15 is 0 Å². The number of nitrogens with zero attached hydrogens (tertiary/aromatic N) is 3. The highest BCUT2D eigenvalue weighted by atomic mass is 32.2. The summed E-state index contributed by atoms with van der Waals surface area (Å²) in [5.41, 5.74) is 0.858. The van der Waals surface area contributed by atoms with Crippen LogP contribution in [0.25, 0.3) is 11.0 Å². The maximum Gasteiger partial charge on any atom is 0.328 e. The van der Waals surface area contributed by atoms with Crippen LogP contribution in [0, 0.1) is 0 Å². The minimum absolute atomic E-state index is 0.000602. The first-order chi connectivity index (χ1) is 10.7. The lowest BCUT2D eigenvalue weighted by molar-refractivity contribution is -0.140. The van der Waals surface area contributed by atoms with Crippen LogP contribution < -0.4 is 5.69 Å².